The number of carbonyl (C=O) groups is 1. The molecule has 1 fully saturated rings. The van der Waals surface area contributed by atoms with E-state index in [4.69, 9.17) is 4.74 Å². The number of nitrogens with one attached hydrogen (secondary N) is 1. The standard InChI is InChI=1S/C15H21FN2O3/c1-3-17-15(20)13-9-21-8-7-18(13)12-6-4-5-11(16)14(12)10(2)19/h4-6,10,13,19H,3,7-9H2,1-2H3,(H,17,20). The molecule has 0 saturated carbocycles. The van der Waals surface area contributed by atoms with Crippen LogP contribution in [0.4, 0.5) is 10.1 Å². The fourth-order valence-electron chi connectivity index (χ4n) is 2.59. The van der Waals surface area contributed by atoms with Gasteiger partial charge in [0, 0.05) is 24.3 Å². The number of aliphatic hydroxyl groups is 1. The summed E-state index contributed by atoms with van der Waals surface area (Å²) in [5, 5.41) is 12.6. The minimum absolute atomic E-state index is 0.155. The lowest BCUT2D eigenvalue weighted by Crippen LogP contribution is -2.54. The summed E-state index contributed by atoms with van der Waals surface area (Å²) in [5.41, 5.74) is 0.762. The lowest BCUT2D eigenvalue weighted by Gasteiger charge is -2.37. The van der Waals surface area contributed by atoms with Crippen LogP contribution in [0.1, 0.15) is 25.5 Å². The predicted octanol–water partition coefficient (Wildman–Crippen LogP) is 1.22. The number of benzene rings is 1. The van der Waals surface area contributed by atoms with Crippen molar-refractivity contribution in [1.82, 2.24) is 5.32 Å². The Morgan fingerprint density at radius 1 is 1.62 bits per heavy atom. The van der Waals surface area contributed by atoms with E-state index in [0.29, 0.717) is 25.4 Å². The Bertz CT molecular complexity index is 508. The van der Waals surface area contributed by atoms with Crippen LogP contribution in [0.3, 0.4) is 0 Å². The van der Waals surface area contributed by atoms with Crippen LogP contribution < -0.4 is 10.2 Å². The van der Waals surface area contributed by atoms with Crippen molar-refractivity contribution in [3.63, 3.8) is 0 Å². The summed E-state index contributed by atoms with van der Waals surface area (Å²) >= 11 is 0. The van der Waals surface area contributed by atoms with E-state index in [2.05, 4.69) is 5.32 Å². The molecular formula is C15H21FN2O3. The Kier molecular flexibility index (Phi) is 5.14. The maximum absolute atomic E-state index is 14.0. The lowest BCUT2D eigenvalue weighted by molar-refractivity contribution is -0.124. The minimum atomic E-state index is -0.945. The Morgan fingerprint density at radius 2 is 2.38 bits per heavy atom. The van der Waals surface area contributed by atoms with Gasteiger partial charge in [-0.1, -0.05) is 6.07 Å². The van der Waals surface area contributed by atoms with Crippen molar-refractivity contribution in [3.8, 4) is 0 Å². The molecule has 21 heavy (non-hydrogen) atoms. The van der Waals surface area contributed by atoms with Gasteiger partial charge in [0.1, 0.15) is 11.9 Å². The van der Waals surface area contributed by atoms with Crippen molar-refractivity contribution in [2.45, 2.75) is 26.0 Å². The molecule has 2 rings (SSSR count). The van der Waals surface area contributed by atoms with Crippen molar-refractivity contribution in [2.24, 2.45) is 0 Å². The number of nitrogens with zero attached hydrogens (tertiary/aromatic N) is 1. The van der Waals surface area contributed by atoms with Gasteiger partial charge in [-0.3, -0.25) is 4.79 Å². The molecule has 2 atom stereocenters. The van der Waals surface area contributed by atoms with Gasteiger partial charge in [0.05, 0.1) is 19.3 Å². The number of carbonyl (C=O) groups excluding carboxylic acids is 1. The summed E-state index contributed by atoms with van der Waals surface area (Å²) < 4.78 is 19.4. The van der Waals surface area contributed by atoms with Crippen LogP contribution >= 0.6 is 0 Å². The molecule has 1 saturated heterocycles. The third kappa shape index (κ3) is 3.33. The first-order valence-corrected chi connectivity index (χ1v) is 7.14. The summed E-state index contributed by atoms with van der Waals surface area (Å²) in [6.07, 6.45) is -0.945. The van der Waals surface area contributed by atoms with Crippen molar-refractivity contribution < 1.29 is 19.0 Å². The zero-order valence-corrected chi connectivity index (χ0v) is 12.3. The van der Waals surface area contributed by atoms with Crippen molar-refractivity contribution in [1.29, 1.82) is 0 Å². The SMILES string of the molecule is CCNC(=O)C1COCCN1c1cccc(F)c1C(C)O. The van der Waals surface area contributed by atoms with Crippen molar-refractivity contribution in [2.75, 3.05) is 31.2 Å². The molecule has 1 aliphatic heterocycles. The first kappa shape index (κ1) is 15.7. The number of amides is 1. The first-order chi connectivity index (χ1) is 10.1. The van der Waals surface area contributed by atoms with Crippen molar-refractivity contribution in [3.05, 3.63) is 29.6 Å². The largest absolute Gasteiger partial charge is 0.389 e. The monoisotopic (exact) mass is 296 g/mol. The average molecular weight is 296 g/mol. The summed E-state index contributed by atoms with van der Waals surface area (Å²) in [6, 6.07) is 4.11. The third-order valence-electron chi connectivity index (χ3n) is 3.54. The summed E-state index contributed by atoms with van der Waals surface area (Å²) in [6.45, 7) is 5.08. The molecule has 2 N–H and O–H groups in total. The van der Waals surface area contributed by atoms with Crippen LogP contribution in [0.5, 0.6) is 0 Å². The van der Waals surface area contributed by atoms with Crippen LogP contribution in [0, 0.1) is 5.82 Å². The molecular weight excluding hydrogens is 275 g/mol. The molecule has 0 aromatic heterocycles. The van der Waals surface area contributed by atoms with Crippen LogP contribution in [-0.2, 0) is 9.53 Å². The zero-order valence-electron chi connectivity index (χ0n) is 12.3. The van der Waals surface area contributed by atoms with Gasteiger partial charge >= 0.3 is 0 Å². The maximum Gasteiger partial charge on any atom is 0.245 e. The number of likely N-dealkylation sites (N-methyl/N-ethyl adjacent to an activating group) is 1. The number of anilines is 1. The number of morpholine rings is 1. The maximum atomic E-state index is 14.0. The molecule has 0 bridgehead atoms. The highest BCUT2D eigenvalue weighted by Crippen LogP contribution is 2.31. The molecule has 1 aliphatic rings. The van der Waals surface area contributed by atoms with Gasteiger partial charge in [-0.15, -0.1) is 0 Å². The van der Waals surface area contributed by atoms with E-state index < -0.39 is 18.0 Å². The lowest BCUT2D eigenvalue weighted by atomic mass is 10.0. The molecule has 1 amide bonds. The van der Waals surface area contributed by atoms with E-state index >= 15 is 0 Å². The van der Waals surface area contributed by atoms with Crippen LogP contribution in [-0.4, -0.2) is 43.4 Å². The molecule has 1 aromatic carbocycles. The van der Waals surface area contributed by atoms with Crippen LogP contribution in [0.15, 0.2) is 18.2 Å². The highest BCUT2D eigenvalue weighted by molar-refractivity contribution is 5.86. The summed E-state index contributed by atoms with van der Waals surface area (Å²) in [4.78, 5) is 14.0. The van der Waals surface area contributed by atoms with Crippen molar-refractivity contribution >= 4 is 11.6 Å². The number of halogens is 1. The molecule has 5 nitrogen and oxygen atoms in total. The Morgan fingerprint density at radius 3 is 3.05 bits per heavy atom. The van der Waals surface area contributed by atoms with E-state index in [1.807, 2.05) is 6.92 Å². The number of hydrogen-bond donors (Lipinski definition) is 2. The van der Waals surface area contributed by atoms with Gasteiger partial charge in [0.2, 0.25) is 5.91 Å². The fraction of sp³-hybridized carbons (Fsp3) is 0.533. The number of rotatable bonds is 4. The van der Waals surface area contributed by atoms with Gasteiger partial charge in [-0.25, -0.2) is 4.39 Å². The second-order valence-electron chi connectivity index (χ2n) is 5.03. The molecule has 116 valence electrons. The highest BCUT2D eigenvalue weighted by atomic mass is 19.1. The second kappa shape index (κ2) is 6.87. The molecule has 2 unspecified atom stereocenters. The van der Waals surface area contributed by atoms with E-state index in [9.17, 15) is 14.3 Å². The van der Waals surface area contributed by atoms with E-state index in [0.717, 1.165) is 0 Å². The minimum Gasteiger partial charge on any atom is -0.389 e. The van der Waals surface area contributed by atoms with Gasteiger partial charge in [0.15, 0.2) is 0 Å². The summed E-state index contributed by atoms with van der Waals surface area (Å²) in [7, 11) is 0. The molecule has 0 radical (unpaired) electrons. The second-order valence-corrected chi connectivity index (χ2v) is 5.03. The van der Waals surface area contributed by atoms with Crippen LogP contribution in [0.2, 0.25) is 0 Å². The molecule has 1 aromatic rings. The fourth-order valence-corrected chi connectivity index (χ4v) is 2.59. The topological polar surface area (TPSA) is 61.8 Å². The smallest absolute Gasteiger partial charge is 0.245 e. The third-order valence-corrected chi connectivity index (χ3v) is 3.54. The van der Waals surface area contributed by atoms with E-state index in [1.54, 1.807) is 17.0 Å². The first-order valence-electron chi connectivity index (χ1n) is 7.14. The van der Waals surface area contributed by atoms with Gasteiger partial charge in [0.25, 0.3) is 0 Å². The number of hydrogen-bond acceptors (Lipinski definition) is 4. The number of aliphatic hydroxyl groups excluding tert-OH is 1. The predicted molar refractivity (Wildman–Crippen MR) is 77.7 cm³/mol. The average Bonchev–Trinajstić information content (AvgIpc) is 2.47. The molecule has 6 heteroatoms. The molecule has 0 aliphatic carbocycles. The quantitative estimate of drug-likeness (QED) is 0.877. The molecule has 0 spiro atoms. The zero-order chi connectivity index (χ0) is 15.4. The highest BCUT2D eigenvalue weighted by Gasteiger charge is 2.31. The van der Waals surface area contributed by atoms with E-state index in [-0.39, 0.29) is 18.1 Å². The Balaban J connectivity index is 2.38. The Hall–Kier alpha value is -1.66. The van der Waals surface area contributed by atoms with Crippen LogP contribution in [0.25, 0.3) is 0 Å². The van der Waals surface area contributed by atoms with Gasteiger partial charge < -0.3 is 20.1 Å². The van der Waals surface area contributed by atoms with Gasteiger partial charge in [-0.2, -0.15) is 0 Å². The molecule has 1 heterocycles. The number of ether oxygens (including phenoxy) is 1. The normalized spacial score (nSPS) is 20.2. The van der Waals surface area contributed by atoms with Gasteiger partial charge in [-0.05, 0) is 26.0 Å². The summed E-state index contributed by atoms with van der Waals surface area (Å²) in [5.74, 6) is -0.623. The Labute approximate surface area is 123 Å². The van der Waals surface area contributed by atoms with E-state index in [1.165, 1.54) is 13.0 Å².